The first-order valence-electron chi connectivity index (χ1n) is 4.77. The predicted octanol–water partition coefficient (Wildman–Crippen LogP) is 3.14. The molecule has 0 fully saturated rings. The Bertz CT molecular complexity index is 597. The number of aliphatic carboxylic acids is 1. The van der Waals surface area contributed by atoms with Crippen LogP contribution < -0.4 is 0 Å². The highest BCUT2D eigenvalue weighted by atomic mass is 35.5. The number of halogens is 1. The van der Waals surface area contributed by atoms with Gasteiger partial charge in [0.2, 0.25) is 0 Å². The van der Waals surface area contributed by atoms with Crippen molar-refractivity contribution in [3.63, 3.8) is 0 Å². The van der Waals surface area contributed by atoms with Gasteiger partial charge in [-0.2, -0.15) is 0 Å². The molecule has 0 spiro atoms. The van der Waals surface area contributed by atoms with Gasteiger partial charge in [0.05, 0.1) is 11.1 Å². The first kappa shape index (κ1) is 12.6. The second-order valence-corrected chi connectivity index (χ2v) is 5.95. The molecule has 0 unspecified atom stereocenters. The van der Waals surface area contributed by atoms with Crippen LogP contribution in [0, 0.1) is 13.8 Å². The predicted molar refractivity (Wildman–Crippen MR) is 70.3 cm³/mol. The van der Waals surface area contributed by atoms with Crippen molar-refractivity contribution in [3.05, 3.63) is 15.6 Å². The number of carboxylic acid groups (broad SMARTS) is 1. The average Bonchev–Trinajstić information content (AvgIpc) is 2.52. The molecule has 0 aromatic carbocycles. The van der Waals surface area contributed by atoms with E-state index in [1.54, 1.807) is 11.3 Å². The molecule has 0 atom stereocenters. The largest absolute Gasteiger partial charge is 0.481 e. The Kier molecular flexibility index (Phi) is 3.56. The minimum absolute atomic E-state index is 0.0643. The van der Waals surface area contributed by atoms with E-state index in [0.29, 0.717) is 10.3 Å². The van der Waals surface area contributed by atoms with Crippen LogP contribution in [0.2, 0.25) is 5.15 Å². The molecule has 0 radical (unpaired) electrons. The highest BCUT2D eigenvalue weighted by Crippen LogP contribution is 2.34. The number of hydrogen-bond donors (Lipinski definition) is 1. The number of aryl methyl sites for hydroxylation is 2. The van der Waals surface area contributed by atoms with Crippen LogP contribution in [0.25, 0.3) is 10.2 Å². The molecule has 0 amide bonds. The van der Waals surface area contributed by atoms with E-state index >= 15 is 0 Å². The molecule has 0 aliphatic heterocycles. The van der Waals surface area contributed by atoms with Crippen molar-refractivity contribution in [2.75, 3.05) is 5.75 Å². The van der Waals surface area contributed by atoms with E-state index in [2.05, 4.69) is 9.97 Å². The van der Waals surface area contributed by atoms with Crippen molar-refractivity contribution in [1.29, 1.82) is 0 Å². The normalized spacial score (nSPS) is 11.0. The Hall–Kier alpha value is -0.850. The van der Waals surface area contributed by atoms with Gasteiger partial charge in [-0.3, -0.25) is 4.79 Å². The van der Waals surface area contributed by atoms with Gasteiger partial charge in [-0.05, 0) is 19.4 Å². The zero-order valence-electron chi connectivity index (χ0n) is 9.15. The maximum absolute atomic E-state index is 10.5. The zero-order chi connectivity index (χ0) is 12.6. The number of fused-ring (bicyclic) bond motifs is 1. The Morgan fingerprint density at radius 2 is 2.18 bits per heavy atom. The molecule has 2 rings (SSSR count). The van der Waals surface area contributed by atoms with Crippen molar-refractivity contribution in [2.45, 2.75) is 19.0 Å². The smallest absolute Gasteiger partial charge is 0.313 e. The highest BCUT2D eigenvalue weighted by Gasteiger charge is 2.13. The van der Waals surface area contributed by atoms with Gasteiger partial charge >= 0.3 is 5.97 Å². The Balaban J connectivity index is 2.45. The van der Waals surface area contributed by atoms with E-state index in [-0.39, 0.29) is 5.75 Å². The standard InChI is InChI=1S/C10H9ClN2O2S2/c1-4-5(2)17-9-7(4)8(11)12-10(13-9)16-3-6(14)15/h3H2,1-2H3,(H,14,15). The molecule has 2 aromatic heterocycles. The molecular weight excluding hydrogens is 280 g/mol. The number of aromatic nitrogens is 2. The van der Waals surface area contributed by atoms with Gasteiger partial charge in [-0.1, -0.05) is 23.4 Å². The zero-order valence-corrected chi connectivity index (χ0v) is 11.5. The summed E-state index contributed by atoms with van der Waals surface area (Å²) in [5, 5.41) is 10.3. The number of thiophene rings is 1. The van der Waals surface area contributed by atoms with Gasteiger partial charge in [0.25, 0.3) is 0 Å². The number of carbonyl (C=O) groups is 1. The summed E-state index contributed by atoms with van der Waals surface area (Å²) in [6.45, 7) is 3.98. The van der Waals surface area contributed by atoms with Crippen molar-refractivity contribution in [3.8, 4) is 0 Å². The summed E-state index contributed by atoms with van der Waals surface area (Å²) < 4.78 is 0. The molecule has 2 heterocycles. The van der Waals surface area contributed by atoms with Crippen LogP contribution in [0.15, 0.2) is 5.16 Å². The van der Waals surface area contributed by atoms with Gasteiger partial charge < -0.3 is 5.11 Å². The minimum atomic E-state index is -0.895. The number of carboxylic acids is 1. The van der Waals surface area contributed by atoms with Crippen LogP contribution >= 0.6 is 34.7 Å². The molecule has 17 heavy (non-hydrogen) atoms. The maximum Gasteiger partial charge on any atom is 0.313 e. The van der Waals surface area contributed by atoms with Crippen LogP contribution in [0.1, 0.15) is 10.4 Å². The van der Waals surface area contributed by atoms with Crippen molar-refractivity contribution < 1.29 is 9.90 Å². The second-order valence-electron chi connectivity index (χ2n) is 3.44. The molecule has 7 heteroatoms. The first-order chi connectivity index (χ1) is 7.99. The summed E-state index contributed by atoms with van der Waals surface area (Å²) in [5.74, 6) is -0.959. The van der Waals surface area contributed by atoms with Crippen LogP contribution in [-0.2, 0) is 4.79 Å². The molecule has 4 nitrogen and oxygen atoms in total. The highest BCUT2D eigenvalue weighted by molar-refractivity contribution is 7.99. The average molecular weight is 289 g/mol. The molecule has 0 aliphatic rings. The fraction of sp³-hybridized carbons (Fsp3) is 0.300. The summed E-state index contributed by atoms with van der Waals surface area (Å²) in [6, 6.07) is 0. The monoisotopic (exact) mass is 288 g/mol. The van der Waals surface area contributed by atoms with E-state index in [9.17, 15) is 4.79 Å². The van der Waals surface area contributed by atoms with Gasteiger partial charge in [0.15, 0.2) is 5.16 Å². The fourth-order valence-electron chi connectivity index (χ4n) is 1.37. The second kappa shape index (κ2) is 4.80. The third-order valence-electron chi connectivity index (χ3n) is 2.29. The molecule has 0 saturated heterocycles. The quantitative estimate of drug-likeness (QED) is 0.534. The fourth-order valence-corrected chi connectivity index (χ4v) is 3.44. The maximum atomic E-state index is 10.5. The summed E-state index contributed by atoms with van der Waals surface area (Å²) in [7, 11) is 0. The summed E-state index contributed by atoms with van der Waals surface area (Å²) in [5.41, 5.74) is 1.09. The van der Waals surface area contributed by atoms with Crippen LogP contribution in [0.5, 0.6) is 0 Å². The lowest BCUT2D eigenvalue weighted by atomic mass is 10.2. The Labute approximate surface area is 111 Å². The number of nitrogens with zero attached hydrogens (tertiary/aromatic N) is 2. The molecule has 2 aromatic rings. The lowest BCUT2D eigenvalue weighted by molar-refractivity contribution is -0.133. The molecule has 1 N–H and O–H groups in total. The van der Waals surface area contributed by atoms with Gasteiger partial charge in [0, 0.05) is 4.88 Å². The summed E-state index contributed by atoms with van der Waals surface area (Å²) in [4.78, 5) is 20.9. The van der Waals surface area contributed by atoms with Gasteiger partial charge in [0.1, 0.15) is 9.98 Å². The molecule has 0 saturated carbocycles. The topological polar surface area (TPSA) is 63.1 Å². The van der Waals surface area contributed by atoms with Crippen molar-refractivity contribution in [1.82, 2.24) is 9.97 Å². The molecule has 0 aliphatic carbocycles. The van der Waals surface area contributed by atoms with Gasteiger partial charge in [-0.15, -0.1) is 11.3 Å². The third kappa shape index (κ3) is 2.53. The summed E-state index contributed by atoms with van der Waals surface area (Å²) >= 11 is 8.71. The minimum Gasteiger partial charge on any atom is -0.481 e. The number of thioether (sulfide) groups is 1. The van der Waals surface area contributed by atoms with E-state index in [1.807, 2.05) is 13.8 Å². The Morgan fingerprint density at radius 1 is 1.47 bits per heavy atom. The molecule has 0 bridgehead atoms. The third-order valence-corrected chi connectivity index (χ3v) is 4.50. The van der Waals surface area contributed by atoms with E-state index < -0.39 is 5.97 Å². The first-order valence-corrected chi connectivity index (χ1v) is 6.95. The lowest BCUT2D eigenvalue weighted by Crippen LogP contribution is -1.99. The Morgan fingerprint density at radius 3 is 2.82 bits per heavy atom. The van der Waals surface area contributed by atoms with E-state index in [1.165, 1.54) is 0 Å². The van der Waals surface area contributed by atoms with Gasteiger partial charge in [-0.25, -0.2) is 9.97 Å². The lowest BCUT2D eigenvalue weighted by Gasteiger charge is -2.00. The number of rotatable bonds is 3. The van der Waals surface area contributed by atoms with E-state index in [0.717, 1.165) is 32.4 Å². The van der Waals surface area contributed by atoms with Crippen LogP contribution in [0.4, 0.5) is 0 Å². The molecule has 90 valence electrons. The van der Waals surface area contributed by atoms with Crippen LogP contribution in [-0.4, -0.2) is 26.8 Å². The van der Waals surface area contributed by atoms with Crippen molar-refractivity contribution >= 4 is 50.9 Å². The number of hydrogen-bond acceptors (Lipinski definition) is 5. The van der Waals surface area contributed by atoms with Crippen molar-refractivity contribution in [2.24, 2.45) is 0 Å². The van der Waals surface area contributed by atoms with E-state index in [4.69, 9.17) is 16.7 Å². The van der Waals surface area contributed by atoms with Crippen LogP contribution in [0.3, 0.4) is 0 Å². The molecular formula is C10H9ClN2O2S2. The summed E-state index contributed by atoms with van der Waals surface area (Å²) in [6.07, 6.45) is 0. The SMILES string of the molecule is Cc1sc2nc(SCC(=O)O)nc(Cl)c2c1C.